The highest BCUT2D eigenvalue weighted by Gasteiger charge is 2.16. The summed E-state index contributed by atoms with van der Waals surface area (Å²) in [6, 6.07) is 8.40. The Morgan fingerprint density at radius 1 is 1.39 bits per heavy atom. The van der Waals surface area contributed by atoms with Crippen molar-refractivity contribution in [1.82, 2.24) is 15.3 Å². The van der Waals surface area contributed by atoms with Crippen molar-refractivity contribution in [2.45, 2.75) is 25.3 Å². The van der Waals surface area contributed by atoms with Gasteiger partial charge >= 0.3 is 0 Å². The van der Waals surface area contributed by atoms with Crippen LogP contribution in [0.15, 0.2) is 30.5 Å². The number of H-pyrrole nitrogens is 1. The number of aromatic nitrogens is 2. The predicted molar refractivity (Wildman–Crippen MR) is 73.8 cm³/mol. The molecule has 1 aromatic heterocycles. The summed E-state index contributed by atoms with van der Waals surface area (Å²) in [4.78, 5) is 7.82. The van der Waals surface area contributed by atoms with E-state index in [2.05, 4.69) is 15.3 Å². The first-order valence-electron chi connectivity index (χ1n) is 6.34. The lowest BCUT2D eigenvalue weighted by atomic mass is 10.1. The summed E-state index contributed by atoms with van der Waals surface area (Å²) >= 11 is 5.99. The Bertz CT molecular complexity index is 529. The maximum absolute atomic E-state index is 5.99. The molecule has 94 valence electrons. The van der Waals surface area contributed by atoms with Gasteiger partial charge in [0, 0.05) is 23.0 Å². The fourth-order valence-electron chi connectivity index (χ4n) is 2.43. The molecule has 18 heavy (non-hydrogen) atoms. The largest absolute Gasteiger partial charge is 0.342 e. The highest BCUT2D eigenvalue weighted by molar-refractivity contribution is 6.30. The molecule has 1 unspecified atom stereocenters. The minimum absolute atomic E-state index is 0.573. The van der Waals surface area contributed by atoms with Crippen LogP contribution in [0.25, 0.3) is 11.3 Å². The van der Waals surface area contributed by atoms with E-state index >= 15 is 0 Å². The predicted octanol–water partition coefficient (Wildman–Crippen LogP) is 3.02. The molecule has 0 bridgehead atoms. The second-order valence-electron chi connectivity index (χ2n) is 4.75. The monoisotopic (exact) mass is 261 g/mol. The number of rotatable bonds is 3. The standard InChI is InChI=1S/C14H16ClN3/c15-11-4-1-3-10(7-11)13-9-17-14(18-13)8-12-5-2-6-16-12/h1,3-4,7,9,12,16H,2,5-6,8H2,(H,17,18). The third-order valence-electron chi connectivity index (χ3n) is 3.37. The molecule has 1 aliphatic rings. The zero-order valence-electron chi connectivity index (χ0n) is 10.1. The molecule has 1 saturated heterocycles. The average molecular weight is 262 g/mol. The van der Waals surface area contributed by atoms with Gasteiger partial charge in [-0.3, -0.25) is 0 Å². The lowest BCUT2D eigenvalue weighted by molar-refractivity contribution is 0.589. The highest BCUT2D eigenvalue weighted by atomic mass is 35.5. The summed E-state index contributed by atoms with van der Waals surface area (Å²) in [5.41, 5.74) is 2.12. The zero-order valence-corrected chi connectivity index (χ0v) is 10.9. The summed E-state index contributed by atoms with van der Waals surface area (Å²) in [6.45, 7) is 1.13. The van der Waals surface area contributed by atoms with Crippen LogP contribution in [0, 0.1) is 0 Å². The third kappa shape index (κ3) is 2.57. The number of halogens is 1. The van der Waals surface area contributed by atoms with Crippen LogP contribution in [-0.2, 0) is 6.42 Å². The number of hydrogen-bond acceptors (Lipinski definition) is 2. The molecule has 0 spiro atoms. The fraction of sp³-hybridized carbons (Fsp3) is 0.357. The van der Waals surface area contributed by atoms with E-state index in [1.165, 1.54) is 12.8 Å². The van der Waals surface area contributed by atoms with Crippen molar-refractivity contribution in [3.05, 3.63) is 41.3 Å². The van der Waals surface area contributed by atoms with Gasteiger partial charge in [0.2, 0.25) is 0 Å². The molecule has 0 saturated carbocycles. The van der Waals surface area contributed by atoms with Crippen LogP contribution in [0.4, 0.5) is 0 Å². The molecular weight excluding hydrogens is 246 g/mol. The second kappa shape index (κ2) is 5.12. The van der Waals surface area contributed by atoms with E-state index in [-0.39, 0.29) is 0 Å². The first kappa shape index (κ1) is 11.8. The smallest absolute Gasteiger partial charge is 0.108 e. The Morgan fingerprint density at radius 2 is 2.33 bits per heavy atom. The number of nitrogens with one attached hydrogen (secondary N) is 2. The van der Waals surface area contributed by atoms with Gasteiger partial charge in [0.1, 0.15) is 5.82 Å². The van der Waals surface area contributed by atoms with Gasteiger partial charge in [-0.05, 0) is 31.5 Å². The molecule has 4 heteroatoms. The third-order valence-corrected chi connectivity index (χ3v) is 3.60. The van der Waals surface area contributed by atoms with Crippen LogP contribution in [0.1, 0.15) is 18.7 Å². The van der Waals surface area contributed by atoms with Crippen molar-refractivity contribution in [1.29, 1.82) is 0 Å². The number of hydrogen-bond donors (Lipinski definition) is 2. The Morgan fingerprint density at radius 3 is 3.11 bits per heavy atom. The molecule has 0 radical (unpaired) electrons. The summed E-state index contributed by atoms with van der Waals surface area (Å²) < 4.78 is 0. The van der Waals surface area contributed by atoms with E-state index in [4.69, 9.17) is 11.6 Å². The maximum atomic E-state index is 5.99. The van der Waals surface area contributed by atoms with Gasteiger partial charge in [-0.1, -0.05) is 23.7 Å². The summed E-state index contributed by atoms with van der Waals surface area (Å²) in [5.74, 6) is 1.05. The number of nitrogens with zero attached hydrogens (tertiary/aromatic N) is 1. The van der Waals surface area contributed by atoms with Crippen LogP contribution in [-0.4, -0.2) is 22.6 Å². The molecule has 2 aromatic rings. The van der Waals surface area contributed by atoms with Gasteiger partial charge in [0.05, 0.1) is 11.9 Å². The van der Waals surface area contributed by atoms with E-state index in [1.54, 1.807) is 0 Å². The molecular formula is C14H16ClN3. The fourth-order valence-corrected chi connectivity index (χ4v) is 2.62. The van der Waals surface area contributed by atoms with Crippen molar-refractivity contribution >= 4 is 11.6 Å². The summed E-state index contributed by atoms with van der Waals surface area (Å²) in [5, 5.41) is 4.23. The summed E-state index contributed by atoms with van der Waals surface area (Å²) in [7, 11) is 0. The zero-order chi connectivity index (χ0) is 12.4. The van der Waals surface area contributed by atoms with E-state index in [0.29, 0.717) is 6.04 Å². The van der Waals surface area contributed by atoms with Crippen LogP contribution in [0.3, 0.4) is 0 Å². The van der Waals surface area contributed by atoms with Crippen LogP contribution in [0.2, 0.25) is 5.02 Å². The second-order valence-corrected chi connectivity index (χ2v) is 5.19. The molecule has 0 amide bonds. The molecule has 1 atom stereocenters. The first-order chi connectivity index (χ1) is 8.81. The van der Waals surface area contributed by atoms with Crippen molar-refractivity contribution < 1.29 is 0 Å². The number of aromatic amines is 1. The highest BCUT2D eigenvalue weighted by Crippen LogP contribution is 2.21. The average Bonchev–Trinajstić information content (AvgIpc) is 3.01. The van der Waals surface area contributed by atoms with E-state index in [9.17, 15) is 0 Å². The lowest BCUT2D eigenvalue weighted by Crippen LogP contribution is -2.24. The first-order valence-corrected chi connectivity index (χ1v) is 6.72. The molecule has 2 N–H and O–H groups in total. The minimum Gasteiger partial charge on any atom is -0.342 e. The quantitative estimate of drug-likeness (QED) is 0.892. The minimum atomic E-state index is 0.573. The van der Waals surface area contributed by atoms with E-state index in [1.807, 2.05) is 30.5 Å². The van der Waals surface area contributed by atoms with Crippen molar-refractivity contribution in [3.8, 4) is 11.3 Å². The number of imidazole rings is 1. The molecule has 3 rings (SSSR count). The van der Waals surface area contributed by atoms with Crippen LogP contribution < -0.4 is 5.32 Å². The van der Waals surface area contributed by atoms with Gasteiger partial charge < -0.3 is 10.3 Å². The van der Waals surface area contributed by atoms with Crippen molar-refractivity contribution in [2.75, 3.05) is 6.54 Å². The Balaban J connectivity index is 1.76. The van der Waals surface area contributed by atoms with Crippen LogP contribution >= 0.6 is 11.6 Å². The molecule has 3 nitrogen and oxygen atoms in total. The van der Waals surface area contributed by atoms with Gasteiger partial charge in [-0.25, -0.2) is 4.98 Å². The molecule has 1 aromatic carbocycles. The molecule has 1 aliphatic heterocycles. The van der Waals surface area contributed by atoms with Gasteiger partial charge in [0.25, 0.3) is 0 Å². The SMILES string of the molecule is Clc1cccc(-c2cnc(CC3CCCN3)[nH]2)c1. The Labute approximate surface area is 112 Å². The molecule has 2 heterocycles. The summed E-state index contributed by atoms with van der Waals surface area (Å²) in [6.07, 6.45) is 5.37. The lowest BCUT2D eigenvalue weighted by Gasteiger charge is -2.06. The Hall–Kier alpha value is -1.32. The van der Waals surface area contributed by atoms with Gasteiger partial charge in [-0.15, -0.1) is 0 Å². The van der Waals surface area contributed by atoms with Crippen molar-refractivity contribution in [3.63, 3.8) is 0 Å². The Kier molecular flexibility index (Phi) is 3.35. The van der Waals surface area contributed by atoms with Crippen LogP contribution in [0.5, 0.6) is 0 Å². The van der Waals surface area contributed by atoms with Gasteiger partial charge in [-0.2, -0.15) is 0 Å². The van der Waals surface area contributed by atoms with E-state index < -0.39 is 0 Å². The van der Waals surface area contributed by atoms with Crippen molar-refractivity contribution in [2.24, 2.45) is 0 Å². The maximum Gasteiger partial charge on any atom is 0.108 e. The normalized spacial score (nSPS) is 19.3. The van der Waals surface area contributed by atoms with Gasteiger partial charge in [0.15, 0.2) is 0 Å². The molecule has 0 aliphatic carbocycles. The van der Waals surface area contributed by atoms with E-state index in [0.717, 1.165) is 35.1 Å². The topological polar surface area (TPSA) is 40.7 Å². The number of benzene rings is 1. The molecule has 1 fully saturated rings.